The highest BCUT2D eigenvalue weighted by Crippen LogP contribution is 2.27. The molecule has 0 saturated carbocycles. The van der Waals surface area contributed by atoms with Crippen molar-refractivity contribution < 1.29 is 14.3 Å². The molecule has 0 fully saturated rings. The van der Waals surface area contributed by atoms with Crippen LogP contribution in [0.4, 0.5) is 11.6 Å². The molecule has 0 aliphatic heterocycles. The SMILES string of the molecule is CC(C)(C)c1cc(NC(=O)Cc2ccc(-c3c[nH+]c(N)cc3Cl)cc2)no1. The van der Waals surface area contributed by atoms with Gasteiger partial charge < -0.3 is 9.84 Å². The normalized spacial score (nSPS) is 11.4. The van der Waals surface area contributed by atoms with Gasteiger partial charge in [0.05, 0.1) is 17.6 Å². The lowest BCUT2D eigenvalue weighted by Gasteiger charge is -2.12. The smallest absolute Gasteiger partial charge is 0.271 e. The zero-order chi connectivity index (χ0) is 19.6. The molecule has 3 rings (SSSR count). The molecule has 3 aromatic rings. The Bertz CT molecular complexity index is 959. The average molecular weight is 386 g/mol. The summed E-state index contributed by atoms with van der Waals surface area (Å²) in [5.74, 6) is 1.49. The van der Waals surface area contributed by atoms with E-state index in [9.17, 15) is 4.79 Å². The number of aromatic amines is 1. The number of carbonyl (C=O) groups is 1. The van der Waals surface area contributed by atoms with Crippen molar-refractivity contribution in [3.63, 3.8) is 0 Å². The first-order chi connectivity index (χ1) is 12.7. The minimum absolute atomic E-state index is 0.157. The lowest BCUT2D eigenvalue weighted by molar-refractivity contribution is -0.359. The number of carbonyl (C=O) groups excluding carboxylic acids is 1. The summed E-state index contributed by atoms with van der Waals surface area (Å²) in [6.07, 6.45) is 2.00. The molecule has 2 aromatic heterocycles. The predicted molar refractivity (Wildman–Crippen MR) is 105 cm³/mol. The molecule has 1 aromatic carbocycles. The molecule has 7 heteroatoms. The minimum atomic E-state index is -0.160. The summed E-state index contributed by atoms with van der Waals surface area (Å²) < 4.78 is 5.28. The van der Waals surface area contributed by atoms with E-state index in [2.05, 4.69) is 15.5 Å². The van der Waals surface area contributed by atoms with Gasteiger partial charge in [0.15, 0.2) is 5.82 Å². The number of nitrogens with one attached hydrogen (secondary N) is 2. The lowest BCUT2D eigenvalue weighted by atomic mass is 9.93. The summed E-state index contributed by atoms with van der Waals surface area (Å²) in [4.78, 5) is 15.2. The molecule has 6 nitrogen and oxygen atoms in total. The molecular weight excluding hydrogens is 364 g/mol. The van der Waals surface area contributed by atoms with Crippen LogP contribution in [0.3, 0.4) is 0 Å². The van der Waals surface area contributed by atoms with Gasteiger partial charge in [0.1, 0.15) is 5.76 Å². The van der Waals surface area contributed by atoms with Crippen LogP contribution in [0.15, 0.2) is 47.1 Å². The Balaban J connectivity index is 1.66. The molecule has 0 aliphatic rings. The quantitative estimate of drug-likeness (QED) is 0.712. The summed E-state index contributed by atoms with van der Waals surface area (Å²) in [7, 11) is 0. The van der Waals surface area contributed by atoms with E-state index in [1.807, 2.05) is 45.0 Å². The molecule has 2 heterocycles. The van der Waals surface area contributed by atoms with Crippen molar-refractivity contribution >= 4 is 29.1 Å². The second-order valence-corrected chi connectivity index (χ2v) is 7.81. The largest absolute Gasteiger partial charge is 0.359 e. The average Bonchev–Trinajstić information content (AvgIpc) is 3.04. The van der Waals surface area contributed by atoms with Crippen LogP contribution in [-0.4, -0.2) is 11.1 Å². The topological polar surface area (TPSA) is 95.3 Å². The number of benzene rings is 1. The molecular formula is C20H22ClN4O2+. The van der Waals surface area contributed by atoms with Gasteiger partial charge in [0.25, 0.3) is 5.82 Å². The monoisotopic (exact) mass is 385 g/mol. The van der Waals surface area contributed by atoms with Gasteiger partial charge >= 0.3 is 0 Å². The van der Waals surface area contributed by atoms with Gasteiger partial charge in [-0.15, -0.1) is 0 Å². The van der Waals surface area contributed by atoms with Crippen LogP contribution < -0.4 is 16.0 Å². The van der Waals surface area contributed by atoms with E-state index in [0.717, 1.165) is 22.5 Å². The fourth-order valence-electron chi connectivity index (χ4n) is 2.56. The van der Waals surface area contributed by atoms with Crippen molar-refractivity contribution in [1.29, 1.82) is 0 Å². The maximum atomic E-state index is 12.3. The van der Waals surface area contributed by atoms with Crippen LogP contribution in [0.2, 0.25) is 5.02 Å². The highest BCUT2D eigenvalue weighted by atomic mass is 35.5. The van der Waals surface area contributed by atoms with Crippen molar-refractivity contribution in [3.05, 3.63) is 58.9 Å². The molecule has 0 spiro atoms. The number of H-pyrrole nitrogens is 1. The van der Waals surface area contributed by atoms with Crippen LogP contribution in [0.5, 0.6) is 0 Å². The highest BCUT2D eigenvalue weighted by Gasteiger charge is 2.20. The number of rotatable bonds is 4. The minimum Gasteiger partial charge on any atom is -0.359 e. The fourth-order valence-corrected chi connectivity index (χ4v) is 2.84. The van der Waals surface area contributed by atoms with Crippen LogP contribution in [0, 0.1) is 0 Å². The van der Waals surface area contributed by atoms with Crippen molar-refractivity contribution in [2.24, 2.45) is 0 Å². The number of nitrogens with zero attached hydrogens (tertiary/aromatic N) is 1. The molecule has 0 unspecified atom stereocenters. The molecule has 140 valence electrons. The number of hydrogen-bond donors (Lipinski definition) is 2. The number of pyridine rings is 1. The Kier molecular flexibility index (Phi) is 5.19. The van der Waals surface area contributed by atoms with Gasteiger partial charge in [0, 0.05) is 23.1 Å². The summed E-state index contributed by atoms with van der Waals surface area (Å²) in [5, 5.41) is 7.23. The van der Waals surface area contributed by atoms with Crippen molar-refractivity contribution in [2.75, 3.05) is 11.1 Å². The number of nitrogens with two attached hydrogens (primary N) is 1. The third-order valence-corrected chi connectivity index (χ3v) is 4.38. The zero-order valence-electron chi connectivity index (χ0n) is 15.5. The number of amides is 1. The van der Waals surface area contributed by atoms with E-state index < -0.39 is 0 Å². The first-order valence-electron chi connectivity index (χ1n) is 8.55. The van der Waals surface area contributed by atoms with Gasteiger partial charge in [-0.2, -0.15) is 0 Å². The number of nitrogen functional groups attached to an aromatic ring is 1. The van der Waals surface area contributed by atoms with E-state index >= 15 is 0 Å². The van der Waals surface area contributed by atoms with Crippen LogP contribution in [0.25, 0.3) is 11.1 Å². The lowest BCUT2D eigenvalue weighted by Crippen LogP contribution is -2.14. The van der Waals surface area contributed by atoms with Crippen LogP contribution in [-0.2, 0) is 16.6 Å². The van der Waals surface area contributed by atoms with Gasteiger partial charge in [-0.3, -0.25) is 10.5 Å². The molecule has 27 heavy (non-hydrogen) atoms. The van der Waals surface area contributed by atoms with E-state index in [1.165, 1.54) is 0 Å². The molecule has 0 bridgehead atoms. The standard InChI is InChI=1S/C20H21ClN4O2/c1-20(2,3)16-10-18(25-27-16)24-19(26)8-12-4-6-13(7-5-12)14-11-23-17(22)9-15(14)21/h4-7,9-11H,8H2,1-3H3,(H2,22,23)(H,24,25,26)/p+1. The number of anilines is 2. The van der Waals surface area contributed by atoms with E-state index in [4.69, 9.17) is 21.9 Å². The summed E-state index contributed by atoms with van der Waals surface area (Å²) in [6.45, 7) is 6.06. The van der Waals surface area contributed by atoms with Gasteiger partial charge in [-0.05, 0) is 11.1 Å². The van der Waals surface area contributed by atoms with E-state index in [-0.39, 0.29) is 17.7 Å². The molecule has 4 N–H and O–H groups in total. The second kappa shape index (κ2) is 7.40. The second-order valence-electron chi connectivity index (χ2n) is 7.40. The summed E-state index contributed by atoms with van der Waals surface area (Å²) >= 11 is 6.23. The Morgan fingerprint density at radius 2 is 1.96 bits per heavy atom. The first kappa shape index (κ1) is 18.9. The van der Waals surface area contributed by atoms with Crippen molar-refractivity contribution in [2.45, 2.75) is 32.6 Å². The third kappa shape index (κ3) is 4.65. The predicted octanol–water partition coefficient (Wildman–Crippen LogP) is 3.87. The van der Waals surface area contributed by atoms with Crippen LogP contribution >= 0.6 is 11.6 Å². The molecule has 0 saturated heterocycles. The summed E-state index contributed by atoms with van der Waals surface area (Å²) in [5.41, 5.74) is 8.18. The molecule has 0 atom stereocenters. The van der Waals surface area contributed by atoms with Crippen LogP contribution in [0.1, 0.15) is 32.1 Å². The molecule has 0 radical (unpaired) electrons. The van der Waals surface area contributed by atoms with Gasteiger partial charge in [-0.25, -0.2) is 4.98 Å². The Labute approximate surface area is 162 Å². The number of aromatic nitrogens is 2. The summed E-state index contributed by atoms with van der Waals surface area (Å²) in [6, 6.07) is 11.0. The molecule has 0 aliphatic carbocycles. The Morgan fingerprint density at radius 1 is 1.26 bits per heavy atom. The van der Waals surface area contributed by atoms with E-state index in [1.54, 1.807) is 18.3 Å². The zero-order valence-corrected chi connectivity index (χ0v) is 16.2. The number of halogens is 1. The van der Waals surface area contributed by atoms with Crippen molar-refractivity contribution in [1.82, 2.24) is 5.16 Å². The Hall–Kier alpha value is -2.86. The van der Waals surface area contributed by atoms with Gasteiger partial charge in [0.2, 0.25) is 5.91 Å². The Morgan fingerprint density at radius 3 is 2.56 bits per heavy atom. The maximum Gasteiger partial charge on any atom is 0.271 e. The maximum absolute atomic E-state index is 12.3. The van der Waals surface area contributed by atoms with Crippen molar-refractivity contribution in [3.8, 4) is 11.1 Å². The molecule has 1 amide bonds. The van der Waals surface area contributed by atoms with Gasteiger partial charge in [-0.1, -0.05) is 61.8 Å². The fraction of sp³-hybridized carbons (Fsp3) is 0.250. The van der Waals surface area contributed by atoms with E-state index in [0.29, 0.717) is 16.7 Å². The highest BCUT2D eigenvalue weighted by molar-refractivity contribution is 6.33. The first-order valence-corrected chi connectivity index (χ1v) is 8.93. The number of hydrogen-bond acceptors (Lipinski definition) is 4. The third-order valence-electron chi connectivity index (χ3n) is 4.07.